The number of rotatable bonds is 0. The van der Waals surface area contributed by atoms with E-state index in [-0.39, 0.29) is 17.0 Å². The maximum atomic E-state index is 3.46. The van der Waals surface area contributed by atoms with E-state index in [1.54, 1.807) is 0 Å². The maximum absolute atomic E-state index is 3.46. The summed E-state index contributed by atoms with van der Waals surface area (Å²) >= 11 is 0. The molecule has 1 N–H and O–H groups in total. The molecule has 68 valence electrons. The van der Waals surface area contributed by atoms with Crippen molar-refractivity contribution < 1.29 is 0 Å². The van der Waals surface area contributed by atoms with E-state index < -0.39 is 0 Å². The molecule has 0 spiro atoms. The Bertz CT molecular complexity index is 42.7. The van der Waals surface area contributed by atoms with Gasteiger partial charge < -0.3 is 5.32 Å². The average Bonchev–Trinajstić information content (AvgIpc) is 2.01. The van der Waals surface area contributed by atoms with E-state index >= 15 is 0 Å². The highest BCUT2D eigenvalue weighted by molar-refractivity contribution is 8.93. The summed E-state index contributed by atoms with van der Waals surface area (Å²) in [5.41, 5.74) is 0. The lowest BCUT2D eigenvalue weighted by Gasteiger charge is -2.07. The summed E-state index contributed by atoms with van der Waals surface area (Å²) in [5.74, 6) is 0. The molecule has 0 bridgehead atoms. The lowest BCUT2D eigenvalue weighted by Crippen LogP contribution is -2.17. The Balaban J connectivity index is 0.000001000. The van der Waals surface area contributed by atoms with Gasteiger partial charge in [-0.1, -0.05) is 32.1 Å². The quantitative estimate of drug-likeness (QED) is 0.664. The van der Waals surface area contributed by atoms with Crippen molar-refractivity contribution in [3.8, 4) is 0 Å². The van der Waals surface area contributed by atoms with Crippen molar-refractivity contribution in [2.75, 3.05) is 13.1 Å². The first-order valence-electron chi connectivity index (χ1n) is 4.71. The van der Waals surface area contributed by atoms with Crippen LogP contribution >= 0.6 is 17.0 Å². The lowest BCUT2D eigenvalue weighted by molar-refractivity contribution is 0.514. The summed E-state index contributed by atoms with van der Waals surface area (Å²) in [5, 5.41) is 3.46. The predicted molar refractivity (Wildman–Crippen MR) is 55.5 cm³/mol. The fourth-order valence-corrected chi connectivity index (χ4v) is 1.51. The molecule has 0 amide bonds. The van der Waals surface area contributed by atoms with Crippen LogP contribution in [0.25, 0.3) is 0 Å². The van der Waals surface area contributed by atoms with E-state index in [1.807, 2.05) is 0 Å². The highest BCUT2D eigenvalue weighted by Crippen LogP contribution is 2.07. The van der Waals surface area contributed by atoms with Gasteiger partial charge in [0, 0.05) is 0 Å². The van der Waals surface area contributed by atoms with E-state index in [2.05, 4.69) is 5.32 Å². The van der Waals surface area contributed by atoms with Crippen LogP contribution in [0.15, 0.2) is 0 Å². The van der Waals surface area contributed by atoms with Gasteiger partial charge in [-0.15, -0.1) is 17.0 Å². The zero-order chi connectivity index (χ0) is 7.07. The van der Waals surface area contributed by atoms with Gasteiger partial charge in [-0.05, 0) is 25.9 Å². The van der Waals surface area contributed by atoms with Gasteiger partial charge in [0.05, 0.1) is 0 Å². The number of nitrogens with one attached hydrogen (secondary N) is 1. The lowest BCUT2D eigenvalue weighted by atomic mass is 10.1. The normalized spacial score (nSPS) is 21.8. The van der Waals surface area contributed by atoms with Gasteiger partial charge in [-0.25, -0.2) is 0 Å². The summed E-state index contributed by atoms with van der Waals surface area (Å²) in [7, 11) is 0. The molecule has 1 saturated heterocycles. The summed E-state index contributed by atoms with van der Waals surface area (Å²) in [6, 6.07) is 0. The summed E-state index contributed by atoms with van der Waals surface area (Å²) in [6.07, 6.45) is 10.0. The Labute approximate surface area is 80.7 Å². The van der Waals surface area contributed by atoms with Crippen LogP contribution in [0.1, 0.15) is 44.9 Å². The van der Waals surface area contributed by atoms with Crippen LogP contribution in [-0.4, -0.2) is 13.1 Å². The van der Waals surface area contributed by atoms with Gasteiger partial charge in [-0.3, -0.25) is 0 Å². The molecular weight excluding hydrogens is 202 g/mol. The van der Waals surface area contributed by atoms with Crippen molar-refractivity contribution in [2.24, 2.45) is 0 Å². The molecule has 11 heavy (non-hydrogen) atoms. The van der Waals surface area contributed by atoms with E-state index in [0.717, 1.165) is 0 Å². The maximum Gasteiger partial charge on any atom is -0.00489 e. The van der Waals surface area contributed by atoms with E-state index in [0.29, 0.717) is 0 Å². The van der Waals surface area contributed by atoms with Crippen molar-refractivity contribution in [1.29, 1.82) is 0 Å². The second-order valence-corrected chi connectivity index (χ2v) is 3.22. The van der Waals surface area contributed by atoms with Crippen molar-refractivity contribution in [2.45, 2.75) is 44.9 Å². The molecule has 0 aromatic heterocycles. The first-order chi connectivity index (χ1) is 5.00. The van der Waals surface area contributed by atoms with Crippen LogP contribution in [0.2, 0.25) is 0 Å². The number of hydrogen-bond donors (Lipinski definition) is 1. The Hall–Kier alpha value is 0.440. The molecule has 0 unspecified atom stereocenters. The summed E-state index contributed by atoms with van der Waals surface area (Å²) in [4.78, 5) is 0. The molecule has 1 nitrogen and oxygen atoms in total. The third-order valence-electron chi connectivity index (χ3n) is 2.21. The first kappa shape index (κ1) is 11.4. The number of hydrogen-bond acceptors (Lipinski definition) is 1. The minimum atomic E-state index is 0. The van der Waals surface area contributed by atoms with Crippen LogP contribution in [0.3, 0.4) is 0 Å². The Morgan fingerprint density at radius 1 is 0.545 bits per heavy atom. The van der Waals surface area contributed by atoms with Gasteiger partial charge >= 0.3 is 0 Å². The fraction of sp³-hybridized carbons (Fsp3) is 1.00. The van der Waals surface area contributed by atoms with Crippen molar-refractivity contribution in [1.82, 2.24) is 5.32 Å². The average molecular weight is 222 g/mol. The summed E-state index contributed by atoms with van der Waals surface area (Å²) in [6.45, 7) is 2.50. The molecule has 1 aliphatic heterocycles. The van der Waals surface area contributed by atoms with Crippen LogP contribution < -0.4 is 5.32 Å². The molecule has 0 aromatic rings. The van der Waals surface area contributed by atoms with Crippen molar-refractivity contribution in [3.63, 3.8) is 0 Å². The van der Waals surface area contributed by atoms with E-state index in [9.17, 15) is 0 Å². The monoisotopic (exact) mass is 221 g/mol. The molecule has 1 aliphatic rings. The standard InChI is InChI=1S/C9H19N.BrH/c1-2-4-6-8-10-9-7-5-3-1;/h10H,1-9H2;1H. The molecule has 1 heterocycles. The molecule has 0 atom stereocenters. The Morgan fingerprint density at radius 3 is 1.36 bits per heavy atom. The van der Waals surface area contributed by atoms with Gasteiger partial charge in [0.25, 0.3) is 0 Å². The molecule has 0 radical (unpaired) electrons. The highest BCUT2D eigenvalue weighted by atomic mass is 79.9. The molecule has 1 rings (SSSR count). The zero-order valence-electron chi connectivity index (χ0n) is 7.27. The zero-order valence-corrected chi connectivity index (χ0v) is 8.99. The van der Waals surface area contributed by atoms with Crippen LogP contribution in [0.4, 0.5) is 0 Å². The minimum absolute atomic E-state index is 0. The van der Waals surface area contributed by atoms with Crippen LogP contribution in [0.5, 0.6) is 0 Å². The topological polar surface area (TPSA) is 12.0 Å². The van der Waals surface area contributed by atoms with Crippen LogP contribution in [0, 0.1) is 0 Å². The molecular formula is C9H20BrN. The number of halogens is 1. The van der Waals surface area contributed by atoms with Crippen LogP contribution in [-0.2, 0) is 0 Å². The Kier molecular flexibility index (Phi) is 8.88. The fourth-order valence-electron chi connectivity index (χ4n) is 1.51. The minimum Gasteiger partial charge on any atom is -0.317 e. The molecule has 0 aromatic carbocycles. The van der Waals surface area contributed by atoms with Crippen molar-refractivity contribution in [3.05, 3.63) is 0 Å². The predicted octanol–water partition coefficient (Wildman–Crippen LogP) is 2.90. The smallest absolute Gasteiger partial charge is 0.00489 e. The van der Waals surface area contributed by atoms with Gasteiger partial charge in [0.2, 0.25) is 0 Å². The molecule has 1 fully saturated rings. The van der Waals surface area contributed by atoms with E-state index in [1.165, 1.54) is 58.0 Å². The molecule has 0 saturated carbocycles. The third kappa shape index (κ3) is 6.82. The highest BCUT2D eigenvalue weighted by Gasteiger charge is 1.94. The van der Waals surface area contributed by atoms with Crippen molar-refractivity contribution >= 4 is 17.0 Å². The Morgan fingerprint density at radius 2 is 0.909 bits per heavy atom. The van der Waals surface area contributed by atoms with Gasteiger partial charge in [0.15, 0.2) is 0 Å². The molecule has 0 aliphatic carbocycles. The molecule has 2 heteroatoms. The van der Waals surface area contributed by atoms with Gasteiger partial charge in [-0.2, -0.15) is 0 Å². The van der Waals surface area contributed by atoms with E-state index in [4.69, 9.17) is 0 Å². The third-order valence-corrected chi connectivity index (χ3v) is 2.21. The first-order valence-corrected chi connectivity index (χ1v) is 4.71. The summed E-state index contributed by atoms with van der Waals surface area (Å²) < 4.78 is 0. The largest absolute Gasteiger partial charge is 0.317 e. The second-order valence-electron chi connectivity index (χ2n) is 3.22. The SMILES string of the molecule is Br.C1CCCCNCCCC1. The van der Waals surface area contributed by atoms with Gasteiger partial charge in [0.1, 0.15) is 0 Å². The second kappa shape index (κ2) is 8.54.